The minimum absolute atomic E-state index is 0.133. The van der Waals surface area contributed by atoms with E-state index in [-0.39, 0.29) is 10.6 Å². The van der Waals surface area contributed by atoms with E-state index in [1.54, 1.807) is 35.2 Å². The third kappa shape index (κ3) is 4.44. The highest BCUT2D eigenvalue weighted by Gasteiger charge is 2.16. The lowest BCUT2D eigenvalue weighted by Gasteiger charge is -2.07. The van der Waals surface area contributed by atoms with E-state index in [1.165, 1.54) is 22.5 Å². The molecule has 0 fully saturated rings. The number of nitro groups is 1. The predicted octanol–water partition coefficient (Wildman–Crippen LogP) is 5.40. The van der Waals surface area contributed by atoms with Gasteiger partial charge in [0.2, 0.25) is 0 Å². The number of hydrogen-bond donors (Lipinski definition) is 0. The Labute approximate surface area is 179 Å². The van der Waals surface area contributed by atoms with Crippen LogP contribution in [0.25, 0.3) is 10.2 Å². The summed E-state index contributed by atoms with van der Waals surface area (Å²) >= 11 is 4.79. The molecule has 10 heteroatoms. The normalized spacial score (nSPS) is 11.2. The molecule has 0 aliphatic rings. The van der Waals surface area contributed by atoms with Gasteiger partial charge in [0.25, 0.3) is 5.69 Å². The van der Waals surface area contributed by atoms with Gasteiger partial charge in [-0.05, 0) is 19.1 Å². The average Bonchev–Trinajstić information content (AvgIpc) is 3.33. The van der Waals surface area contributed by atoms with E-state index in [0.29, 0.717) is 17.1 Å². The molecule has 148 valence electrons. The molecule has 0 aliphatic heterocycles. The number of rotatable bonds is 8. The van der Waals surface area contributed by atoms with Crippen molar-refractivity contribution in [2.24, 2.45) is 0 Å². The number of hydrogen-bond acceptors (Lipinski definition) is 8. The second kappa shape index (κ2) is 8.93. The number of nitro benzene ring substituents is 1. The van der Waals surface area contributed by atoms with Crippen LogP contribution in [0.3, 0.4) is 0 Å². The lowest BCUT2D eigenvalue weighted by molar-refractivity contribution is -0.385. The highest BCUT2D eigenvalue weighted by molar-refractivity contribution is 8.00. The smallest absolute Gasteiger partial charge is 0.273 e. The fourth-order valence-corrected chi connectivity index (χ4v) is 5.87. The maximum Gasteiger partial charge on any atom is 0.273 e. The Hall–Kier alpha value is -2.43. The summed E-state index contributed by atoms with van der Waals surface area (Å²) in [5, 5.41) is 20.6. The molecule has 7 nitrogen and oxygen atoms in total. The summed E-state index contributed by atoms with van der Waals surface area (Å²) in [5.74, 6) is 2.02. The summed E-state index contributed by atoms with van der Waals surface area (Å²) in [5.41, 5.74) is 1.82. The van der Waals surface area contributed by atoms with Gasteiger partial charge in [0.1, 0.15) is 5.82 Å². The molecule has 0 radical (unpaired) electrons. The molecule has 0 bridgehead atoms. The van der Waals surface area contributed by atoms with Crippen LogP contribution in [0, 0.1) is 10.1 Å². The number of thioether (sulfide) groups is 2. The number of fused-ring (bicyclic) bond motifs is 1. The van der Waals surface area contributed by atoms with Crippen LogP contribution in [0.1, 0.15) is 18.3 Å². The minimum Gasteiger partial charge on any atom is -0.306 e. The zero-order valence-electron chi connectivity index (χ0n) is 15.5. The van der Waals surface area contributed by atoms with Crippen molar-refractivity contribution < 1.29 is 4.92 Å². The van der Waals surface area contributed by atoms with Gasteiger partial charge in [0.15, 0.2) is 9.50 Å². The zero-order valence-corrected chi connectivity index (χ0v) is 18.0. The Kier molecular flexibility index (Phi) is 6.12. The number of thiazole rings is 1. The fourth-order valence-electron chi connectivity index (χ4n) is 2.84. The third-order valence-corrected chi connectivity index (χ3v) is 7.44. The highest BCUT2D eigenvalue weighted by atomic mass is 32.2. The molecular formula is C19H17N5O2S3. The zero-order chi connectivity index (χ0) is 20.2. The summed E-state index contributed by atoms with van der Waals surface area (Å²) in [6, 6.07) is 14.9. The minimum atomic E-state index is -0.347. The molecule has 4 aromatic rings. The molecule has 0 N–H and O–H groups in total. The van der Waals surface area contributed by atoms with Crippen LogP contribution in [0.5, 0.6) is 0 Å². The Morgan fingerprint density at radius 3 is 2.66 bits per heavy atom. The summed E-state index contributed by atoms with van der Waals surface area (Å²) in [7, 11) is 0. The van der Waals surface area contributed by atoms with Crippen molar-refractivity contribution in [2.75, 3.05) is 0 Å². The first-order chi connectivity index (χ1) is 14.2. The number of aromatic nitrogens is 4. The summed E-state index contributed by atoms with van der Waals surface area (Å²) < 4.78 is 4.23. The van der Waals surface area contributed by atoms with Gasteiger partial charge in [-0.1, -0.05) is 53.9 Å². The van der Waals surface area contributed by atoms with Crippen LogP contribution >= 0.6 is 34.9 Å². The third-order valence-electron chi connectivity index (χ3n) is 4.25. The van der Waals surface area contributed by atoms with Crippen molar-refractivity contribution >= 4 is 50.8 Å². The summed E-state index contributed by atoms with van der Waals surface area (Å²) in [6.07, 6.45) is 0. The van der Waals surface area contributed by atoms with E-state index in [1.807, 2.05) is 31.2 Å². The quantitative estimate of drug-likeness (QED) is 0.205. The monoisotopic (exact) mass is 443 g/mol. The average molecular weight is 444 g/mol. The van der Waals surface area contributed by atoms with Gasteiger partial charge in [0.05, 0.1) is 20.9 Å². The van der Waals surface area contributed by atoms with Crippen LogP contribution in [-0.2, 0) is 18.1 Å². The van der Waals surface area contributed by atoms with E-state index >= 15 is 0 Å². The maximum absolute atomic E-state index is 11.2. The fraction of sp³-hybridized carbons (Fsp3) is 0.211. The first kappa shape index (κ1) is 19.9. The second-order valence-corrected chi connectivity index (χ2v) is 9.25. The van der Waals surface area contributed by atoms with Crippen molar-refractivity contribution in [3.63, 3.8) is 0 Å². The lowest BCUT2D eigenvalue weighted by Crippen LogP contribution is -2.02. The SMILES string of the molecule is CCn1c(CSc2nc3ccccc3s2)nnc1SCc1ccccc1[N+](=O)[O-]. The van der Waals surface area contributed by atoms with Crippen molar-refractivity contribution in [3.05, 3.63) is 70.0 Å². The molecular weight excluding hydrogens is 426 g/mol. The highest BCUT2D eigenvalue weighted by Crippen LogP contribution is 2.32. The molecule has 0 saturated heterocycles. The maximum atomic E-state index is 11.2. The molecule has 4 rings (SSSR count). The molecule has 2 heterocycles. The van der Waals surface area contributed by atoms with Crippen molar-refractivity contribution in [2.45, 2.75) is 34.5 Å². The van der Waals surface area contributed by atoms with Crippen LogP contribution in [0.4, 0.5) is 5.69 Å². The Morgan fingerprint density at radius 1 is 1.07 bits per heavy atom. The van der Waals surface area contributed by atoms with Crippen molar-refractivity contribution in [1.29, 1.82) is 0 Å². The number of benzene rings is 2. The van der Waals surface area contributed by atoms with E-state index in [2.05, 4.69) is 25.8 Å². The van der Waals surface area contributed by atoms with Crippen LogP contribution in [0.2, 0.25) is 0 Å². The van der Waals surface area contributed by atoms with E-state index in [0.717, 1.165) is 27.4 Å². The van der Waals surface area contributed by atoms with Gasteiger partial charge in [-0.3, -0.25) is 10.1 Å². The predicted molar refractivity (Wildman–Crippen MR) is 118 cm³/mol. The van der Waals surface area contributed by atoms with Crippen LogP contribution in [0.15, 0.2) is 58.0 Å². The molecule has 2 aromatic heterocycles. The molecule has 0 aliphatic carbocycles. The van der Waals surface area contributed by atoms with Gasteiger partial charge in [0, 0.05) is 23.9 Å². The lowest BCUT2D eigenvalue weighted by atomic mass is 10.2. The summed E-state index contributed by atoms with van der Waals surface area (Å²) in [6.45, 7) is 2.78. The topological polar surface area (TPSA) is 86.7 Å². The first-order valence-corrected chi connectivity index (χ1v) is 11.7. The second-order valence-electron chi connectivity index (χ2n) is 6.05. The molecule has 29 heavy (non-hydrogen) atoms. The Bertz CT molecular complexity index is 1120. The van der Waals surface area contributed by atoms with Gasteiger partial charge in [-0.25, -0.2) is 4.98 Å². The Balaban J connectivity index is 1.46. The van der Waals surface area contributed by atoms with Gasteiger partial charge in [-0.2, -0.15) is 0 Å². The largest absolute Gasteiger partial charge is 0.306 e. The van der Waals surface area contributed by atoms with E-state index in [9.17, 15) is 10.1 Å². The van der Waals surface area contributed by atoms with Crippen molar-refractivity contribution in [3.8, 4) is 0 Å². The molecule has 0 spiro atoms. The van der Waals surface area contributed by atoms with Crippen LogP contribution < -0.4 is 0 Å². The van der Waals surface area contributed by atoms with E-state index < -0.39 is 0 Å². The van der Waals surface area contributed by atoms with Crippen LogP contribution in [-0.4, -0.2) is 24.7 Å². The number of para-hydroxylation sites is 2. The van der Waals surface area contributed by atoms with Crippen molar-refractivity contribution in [1.82, 2.24) is 19.7 Å². The van der Waals surface area contributed by atoms with Gasteiger partial charge in [-0.15, -0.1) is 21.5 Å². The van der Waals surface area contributed by atoms with Gasteiger partial charge < -0.3 is 4.57 Å². The Morgan fingerprint density at radius 2 is 1.86 bits per heavy atom. The molecule has 0 atom stereocenters. The molecule has 2 aromatic carbocycles. The number of nitrogens with zero attached hydrogens (tertiary/aromatic N) is 5. The molecule has 0 amide bonds. The van der Waals surface area contributed by atoms with E-state index in [4.69, 9.17) is 0 Å². The first-order valence-electron chi connectivity index (χ1n) is 8.91. The molecule has 0 saturated carbocycles. The standard InChI is InChI=1S/C19H17N5O2S3/c1-2-23-17(12-28-19-20-14-8-4-6-10-16(14)29-19)21-22-18(23)27-11-13-7-3-5-9-15(13)24(25)26/h3-10H,2,11-12H2,1H3. The molecule has 0 unspecified atom stereocenters. The summed E-state index contributed by atoms with van der Waals surface area (Å²) in [4.78, 5) is 15.5. The van der Waals surface area contributed by atoms with Gasteiger partial charge >= 0.3 is 0 Å².